The zero-order valence-electron chi connectivity index (χ0n) is 15.6. The van der Waals surface area contributed by atoms with Crippen molar-refractivity contribution >= 4 is 23.2 Å². The Labute approximate surface area is 166 Å². The average molecular weight is 394 g/mol. The summed E-state index contributed by atoms with van der Waals surface area (Å²) < 4.78 is 11.6. The molecule has 3 heterocycles. The van der Waals surface area contributed by atoms with Crippen LogP contribution in [0.3, 0.4) is 0 Å². The van der Waals surface area contributed by atoms with Crippen LogP contribution < -0.4 is 9.64 Å². The van der Waals surface area contributed by atoms with Crippen LogP contribution >= 0.6 is 0 Å². The highest BCUT2D eigenvalue weighted by Crippen LogP contribution is 2.50. The van der Waals surface area contributed by atoms with Crippen LogP contribution in [-0.2, 0) is 14.3 Å². The number of hydrogen-bond donors (Lipinski definition) is 0. The Balaban J connectivity index is 1.54. The predicted molar refractivity (Wildman–Crippen MR) is 102 cm³/mol. The number of carbonyl (C=O) groups is 2. The van der Waals surface area contributed by atoms with Crippen molar-refractivity contribution in [3.05, 3.63) is 58.1 Å². The smallest absolute Gasteiger partial charge is 0.275 e. The van der Waals surface area contributed by atoms with E-state index in [0.29, 0.717) is 5.75 Å². The first kappa shape index (κ1) is 17.8. The lowest BCUT2D eigenvalue weighted by molar-refractivity contribution is -0.384. The van der Waals surface area contributed by atoms with Crippen molar-refractivity contribution in [3.8, 4) is 11.5 Å². The molecule has 2 amide bonds. The number of fused-ring (bicyclic) bond motifs is 5. The second kappa shape index (κ2) is 6.38. The normalized spacial score (nSPS) is 27.4. The van der Waals surface area contributed by atoms with E-state index in [-0.39, 0.29) is 41.1 Å². The molecule has 0 N–H and O–H groups in total. The number of benzene rings is 2. The van der Waals surface area contributed by atoms with Crippen molar-refractivity contribution in [3.63, 3.8) is 0 Å². The summed E-state index contributed by atoms with van der Waals surface area (Å²) in [6, 6.07) is 11.3. The van der Waals surface area contributed by atoms with Gasteiger partial charge in [-0.2, -0.15) is 0 Å². The molecule has 5 rings (SSSR count). The van der Waals surface area contributed by atoms with Crippen molar-refractivity contribution in [2.75, 3.05) is 4.90 Å². The van der Waals surface area contributed by atoms with Crippen LogP contribution in [0.2, 0.25) is 0 Å². The van der Waals surface area contributed by atoms with Crippen molar-refractivity contribution in [2.45, 2.75) is 32.0 Å². The number of amides is 2. The van der Waals surface area contributed by atoms with Gasteiger partial charge in [-0.3, -0.25) is 19.7 Å². The minimum absolute atomic E-state index is 0.159. The van der Waals surface area contributed by atoms with Gasteiger partial charge in [-0.15, -0.1) is 0 Å². The standard InChI is InChI=1S/C21H18N2O6/c1-11-4-2-3-5-15(11)28-14-9-12(8-13(10-14)23(26)27)22-20(24)18-16-6-7-17(29-16)19(18)21(22)25/h2-5,8-10,16-19H,6-7H2,1H3/t16-,17-,18-,19+/m0/s1. The third kappa shape index (κ3) is 2.71. The molecule has 29 heavy (non-hydrogen) atoms. The first-order chi connectivity index (χ1) is 13.9. The Kier molecular flexibility index (Phi) is 3.92. The van der Waals surface area contributed by atoms with E-state index in [1.165, 1.54) is 18.2 Å². The summed E-state index contributed by atoms with van der Waals surface area (Å²) in [5.41, 5.74) is 0.770. The van der Waals surface area contributed by atoms with Crippen LogP contribution in [0.25, 0.3) is 0 Å². The minimum atomic E-state index is -0.563. The molecule has 2 aromatic rings. The summed E-state index contributed by atoms with van der Waals surface area (Å²) >= 11 is 0. The third-order valence-electron chi connectivity index (χ3n) is 5.95. The van der Waals surface area contributed by atoms with Crippen LogP contribution in [0.5, 0.6) is 11.5 Å². The lowest BCUT2D eigenvalue weighted by atomic mass is 9.81. The molecule has 3 fully saturated rings. The van der Waals surface area contributed by atoms with Gasteiger partial charge in [0, 0.05) is 12.1 Å². The first-order valence-corrected chi connectivity index (χ1v) is 9.50. The van der Waals surface area contributed by atoms with Crippen molar-refractivity contribution in [1.29, 1.82) is 0 Å². The van der Waals surface area contributed by atoms with E-state index in [1.807, 2.05) is 19.1 Å². The fourth-order valence-electron chi connectivity index (χ4n) is 4.63. The van der Waals surface area contributed by atoms with Gasteiger partial charge in [0.2, 0.25) is 11.8 Å². The van der Waals surface area contributed by atoms with Gasteiger partial charge in [-0.1, -0.05) is 18.2 Å². The monoisotopic (exact) mass is 394 g/mol. The number of nitro benzene ring substituents is 1. The number of para-hydroxylation sites is 1. The average Bonchev–Trinajstić information content (AvgIpc) is 3.37. The quantitative estimate of drug-likeness (QED) is 0.448. The van der Waals surface area contributed by atoms with Gasteiger partial charge in [0.15, 0.2) is 0 Å². The summed E-state index contributed by atoms with van der Waals surface area (Å²) in [6.45, 7) is 1.86. The highest BCUT2D eigenvalue weighted by Gasteiger charge is 2.62. The molecule has 0 unspecified atom stereocenters. The lowest BCUT2D eigenvalue weighted by Gasteiger charge is -2.18. The second-order valence-electron chi connectivity index (χ2n) is 7.66. The van der Waals surface area contributed by atoms with E-state index in [0.717, 1.165) is 23.3 Å². The molecule has 8 heteroatoms. The van der Waals surface area contributed by atoms with Crippen LogP contribution in [0.1, 0.15) is 18.4 Å². The number of nitro groups is 1. The van der Waals surface area contributed by atoms with Crippen LogP contribution in [0.4, 0.5) is 11.4 Å². The number of non-ortho nitro benzene ring substituents is 1. The molecule has 0 radical (unpaired) electrons. The van der Waals surface area contributed by atoms with Crippen molar-refractivity contribution in [1.82, 2.24) is 0 Å². The Morgan fingerprint density at radius 1 is 1.07 bits per heavy atom. The van der Waals surface area contributed by atoms with Gasteiger partial charge in [0.1, 0.15) is 11.5 Å². The molecular formula is C21H18N2O6. The maximum atomic E-state index is 13.0. The summed E-state index contributed by atoms with van der Waals surface area (Å²) in [5.74, 6) is -0.965. The molecular weight excluding hydrogens is 376 g/mol. The minimum Gasteiger partial charge on any atom is -0.457 e. The molecule has 0 aromatic heterocycles. The molecule has 2 aromatic carbocycles. The number of imide groups is 1. The molecule has 3 saturated heterocycles. The zero-order valence-corrected chi connectivity index (χ0v) is 15.6. The van der Waals surface area contributed by atoms with Crippen molar-refractivity contribution < 1.29 is 24.0 Å². The number of ether oxygens (including phenoxy) is 2. The highest BCUT2D eigenvalue weighted by atomic mass is 16.6. The molecule has 0 aliphatic carbocycles. The number of aryl methyl sites for hydroxylation is 1. The van der Waals surface area contributed by atoms with Crippen LogP contribution in [-0.4, -0.2) is 28.9 Å². The molecule has 3 aliphatic heterocycles. The molecule has 3 aliphatic rings. The summed E-state index contributed by atoms with van der Waals surface area (Å²) in [6.07, 6.45) is 1.03. The van der Waals surface area contributed by atoms with E-state index >= 15 is 0 Å². The van der Waals surface area contributed by atoms with Crippen LogP contribution in [0, 0.1) is 28.9 Å². The topological polar surface area (TPSA) is 99.0 Å². The van der Waals surface area contributed by atoms with Gasteiger partial charge in [0.25, 0.3) is 5.69 Å². The molecule has 0 spiro atoms. The van der Waals surface area contributed by atoms with Gasteiger partial charge < -0.3 is 9.47 Å². The number of nitrogens with zero attached hydrogens (tertiary/aromatic N) is 2. The first-order valence-electron chi connectivity index (χ1n) is 9.50. The molecule has 148 valence electrons. The fourth-order valence-corrected chi connectivity index (χ4v) is 4.63. The number of anilines is 1. The predicted octanol–water partition coefficient (Wildman–Crippen LogP) is 3.36. The Morgan fingerprint density at radius 2 is 1.72 bits per heavy atom. The Hall–Kier alpha value is -3.26. The Morgan fingerprint density at radius 3 is 2.34 bits per heavy atom. The SMILES string of the molecule is Cc1ccccc1Oc1cc(N2C(=O)[C@@H]3[C@H](C2=O)[C@@H]2CC[C@@H]3O2)cc([N+](=O)[O-])c1. The van der Waals surface area contributed by atoms with Crippen LogP contribution in [0.15, 0.2) is 42.5 Å². The maximum Gasteiger partial charge on any atom is 0.275 e. The van der Waals surface area contributed by atoms with E-state index in [2.05, 4.69) is 0 Å². The number of hydrogen-bond acceptors (Lipinski definition) is 6. The van der Waals surface area contributed by atoms with E-state index < -0.39 is 16.8 Å². The molecule has 0 saturated carbocycles. The van der Waals surface area contributed by atoms with Gasteiger partial charge in [-0.25, -0.2) is 4.90 Å². The number of rotatable bonds is 4. The van der Waals surface area contributed by atoms with Gasteiger partial charge >= 0.3 is 0 Å². The maximum absolute atomic E-state index is 13.0. The molecule has 2 bridgehead atoms. The fraction of sp³-hybridized carbons (Fsp3) is 0.333. The van der Waals surface area contributed by atoms with Gasteiger partial charge in [0.05, 0.1) is 40.7 Å². The molecule has 4 atom stereocenters. The largest absolute Gasteiger partial charge is 0.457 e. The second-order valence-corrected chi connectivity index (χ2v) is 7.66. The zero-order chi connectivity index (χ0) is 20.3. The lowest BCUT2D eigenvalue weighted by Crippen LogP contribution is -2.34. The summed E-state index contributed by atoms with van der Waals surface area (Å²) in [5, 5.41) is 11.5. The highest BCUT2D eigenvalue weighted by molar-refractivity contribution is 6.23. The summed E-state index contributed by atoms with van der Waals surface area (Å²) in [7, 11) is 0. The van der Waals surface area contributed by atoms with Gasteiger partial charge in [-0.05, 0) is 31.4 Å². The molecule has 8 nitrogen and oxygen atoms in total. The van der Waals surface area contributed by atoms with E-state index in [9.17, 15) is 19.7 Å². The van der Waals surface area contributed by atoms with E-state index in [1.54, 1.807) is 12.1 Å². The third-order valence-corrected chi connectivity index (χ3v) is 5.95. The van der Waals surface area contributed by atoms with E-state index in [4.69, 9.17) is 9.47 Å². The Bertz CT molecular complexity index is 1020. The summed E-state index contributed by atoms with van der Waals surface area (Å²) in [4.78, 5) is 38.0. The van der Waals surface area contributed by atoms with Crippen molar-refractivity contribution in [2.24, 2.45) is 11.8 Å². The number of carbonyl (C=O) groups excluding carboxylic acids is 2.